The minimum atomic E-state index is -0.132. The number of nitrogens with zero attached hydrogens (tertiary/aromatic N) is 4. The van der Waals surface area contributed by atoms with Crippen LogP contribution in [0.2, 0.25) is 0 Å². The summed E-state index contributed by atoms with van der Waals surface area (Å²) < 4.78 is 7.47. The van der Waals surface area contributed by atoms with Crippen LogP contribution in [0.5, 0.6) is 0 Å². The molecule has 0 saturated carbocycles. The fourth-order valence-electron chi connectivity index (χ4n) is 1.84. The molecule has 0 aliphatic rings. The van der Waals surface area contributed by atoms with E-state index in [0.29, 0.717) is 18.5 Å². The highest BCUT2D eigenvalue weighted by Gasteiger charge is 2.21. The Bertz CT molecular complexity index is 576. The number of hydrogen-bond acceptors (Lipinski definition) is 5. The van der Waals surface area contributed by atoms with Crippen molar-refractivity contribution in [3.63, 3.8) is 0 Å². The topological polar surface area (TPSA) is 68.8 Å². The Balaban J connectivity index is 2.09. The summed E-state index contributed by atoms with van der Waals surface area (Å²) in [5.74, 6) is 0.634. The Morgan fingerprint density at radius 3 is 2.37 bits per heavy atom. The molecule has 2 aromatic rings. The van der Waals surface area contributed by atoms with Gasteiger partial charge in [-0.25, -0.2) is 0 Å². The van der Waals surface area contributed by atoms with Gasteiger partial charge >= 0.3 is 6.01 Å². The maximum atomic E-state index is 5.60. The van der Waals surface area contributed by atoms with Crippen LogP contribution in [-0.2, 0) is 19.0 Å². The average molecular weight is 263 g/mol. The summed E-state index contributed by atoms with van der Waals surface area (Å²) in [5, 5.41) is 15.6. The van der Waals surface area contributed by atoms with Crippen molar-refractivity contribution in [1.29, 1.82) is 0 Å². The van der Waals surface area contributed by atoms with E-state index >= 15 is 0 Å². The Morgan fingerprint density at radius 1 is 1.21 bits per heavy atom. The van der Waals surface area contributed by atoms with Crippen LogP contribution in [0.4, 0.5) is 6.01 Å². The Hall–Kier alpha value is -1.85. The highest BCUT2D eigenvalue weighted by molar-refractivity contribution is 5.29. The van der Waals surface area contributed by atoms with Crippen molar-refractivity contribution < 1.29 is 4.42 Å². The fraction of sp³-hybridized carbons (Fsp3) is 0.615. The predicted molar refractivity (Wildman–Crippen MR) is 73.0 cm³/mol. The second-order valence-electron chi connectivity index (χ2n) is 5.79. The summed E-state index contributed by atoms with van der Waals surface area (Å²) in [6, 6.07) is 0.451. The average Bonchev–Trinajstić information content (AvgIpc) is 2.84. The van der Waals surface area contributed by atoms with Gasteiger partial charge in [-0.15, -0.1) is 5.10 Å². The molecular weight excluding hydrogens is 242 g/mol. The summed E-state index contributed by atoms with van der Waals surface area (Å²) in [6.07, 6.45) is 0. The summed E-state index contributed by atoms with van der Waals surface area (Å²) in [6.45, 7) is 10.8. The number of nitrogens with one attached hydrogen (secondary N) is 1. The number of aryl methyl sites for hydroxylation is 2. The fourth-order valence-corrected chi connectivity index (χ4v) is 1.84. The highest BCUT2D eigenvalue weighted by Crippen LogP contribution is 2.22. The summed E-state index contributed by atoms with van der Waals surface area (Å²) in [7, 11) is 1.94. The van der Waals surface area contributed by atoms with E-state index < -0.39 is 0 Å². The molecule has 0 saturated heterocycles. The van der Waals surface area contributed by atoms with Gasteiger partial charge in [-0.2, -0.15) is 5.10 Å². The predicted octanol–water partition coefficient (Wildman–Crippen LogP) is 2.33. The first-order valence-corrected chi connectivity index (χ1v) is 6.36. The van der Waals surface area contributed by atoms with Gasteiger partial charge in [-0.1, -0.05) is 25.9 Å². The highest BCUT2D eigenvalue weighted by atomic mass is 16.4. The number of rotatable bonds is 3. The quantitative estimate of drug-likeness (QED) is 0.920. The first kappa shape index (κ1) is 13.6. The molecule has 0 fully saturated rings. The van der Waals surface area contributed by atoms with Gasteiger partial charge in [0.05, 0.1) is 5.69 Å². The zero-order chi connectivity index (χ0) is 14.2. The van der Waals surface area contributed by atoms with Crippen LogP contribution in [0.3, 0.4) is 0 Å². The van der Waals surface area contributed by atoms with Gasteiger partial charge in [-0.05, 0) is 13.8 Å². The van der Waals surface area contributed by atoms with Crippen LogP contribution in [-0.4, -0.2) is 20.0 Å². The van der Waals surface area contributed by atoms with Crippen LogP contribution >= 0.6 is 0 Å². The molecule has 2 rings (SSSR count). The second-order valence-corrected chi connectivity index (χ2v) is 5.79. The monoisotopic (exact) mass is 263 g/mol. The van der Waals surface area contributed by atoms with Gasteiger partial charge in [0.2, 0.25) is 5.89 Å². The van der Waals surface area contributed by atoms with E-state index in [-0.39, 0.29) is 5.41 Å². The SMILES string of the molecule is Cc1nn(C)c(C)c1CNc1nnc(C(C)(C)C)o1. The van der Waals surface area contributed by atoms with E-state index in [0.717, 1.165) is 17.0 Å². The Kier molecular flexibility index (Phi) is 3.34. The molecule has 2 aromatic heterocycles. The molecule has 0 aromatic carbocycles. The smallest absolute Gasteiger partial charge is 0.315 e. The lowest BCUT2D eigenvalue weighted by Crippen LogP contribution is -2.11. The van der Waals surface area contributed by atoms with E-state index in [1.807, 2.05) is 46.3 Å². The number of aromatic nitrogens is 4. The molecule has 1 N–H and O–H groups in total. The zero-order valence-corrected chi connectivity index (χ0v) is 12.4. The largest absolute Gasteiger partial charge is 0.408 e. The first-order valence-electron chi connectivity index (χ1n) is 6.36. The van der Waals surface area contributed by atoms with E-state index in [2.05, 4.69) is 20.6 Å². The molecular formula is C13H21N5O. The van der Waals surface area contributed by atoms with Crippen LogP contribution in [0.15, 0.2) is 4.42 Å². The minimum Gasteiger partial charge on any atom is -0.408 e. The van der Waals surface area contributed by atoms with Gasteiger partial charge in [0.1, 0.15) is 0 Å². The number of anilines is 1. The molecule has 0 unspecified atom stereocenters. The van der Waals surface area contributed by atoms with E-state index in [1.165, 1.54) is 0 Å². The van der Waals surface area contributed by atoms with E-state index in [1.54, 1.807) is 0 Å². The van der Waals surface area contributed by atoms with Crippen molar-refractivity contribution in [3.8, 4) is 0 Å². The summed E-state index contributed by atoms with van der Waals surface area (Å²) in [4.78, 5) is 0. The lowest BCUT2D eigenvalue weighted by Gasteiger charge is -2.11. The molecule has 6 nitrogen and oxygen atoms in total. The summed E-state index contributed by atoms with van der Waals surface area (Å²) >= 11 is 0. The molecule has 0 spiro atoms. The van der Waals surface area contributed by atoms with Crippen LogP contribution in [0.1, 0.15) is 43.6 Å². The van der Waals surface area contributed by atoms with Crippen molar-refractivity contribution in [2.75, 3.05) is 5.32 Å². The third-order valence-corrected chi connectivity index (χ3v) is 3.14. The first-order chi connectivity index (χ1) is 8.79. The normalized spacial score (nSPS) is 11.9. The van der Waals surface area contributed by atoms with Crippen LogP contribution in [0.25, 0.3) is 0 Å². The van der Waals surface area contributed by atoms with Gasteiger partial charge in [0.25, 0.3) is 0 Å². The zero-order valence-electron chi connectivity index (χ0n) is 12.4. The lowest BCUT2D eigenvalue weighted by atomic mass is 9.97. The molecule has 0 atom stereocenters. The maximum absolute atomic E-state index is 5.60. The van der Waals surface area contributed by atoms with Crippen molar-refractivity contribution in [2.45, 2.75) is 46.6 Å². The molecule has 0 aliphatic heterocycles. The third-order valence-electron chi connectivity index (χ3n) is 3.14. The van der Waals surface area contributed by atoms with Gasteiger partial charge in [0.15, 0.2) is 0 Å². The maximum Gasteiger partial charge on any atom is 0.315 e. The van der Waals surface area contributed by atoms with E-state index in [4.69, 9.17) is 4.42 Å². The Labute approximate surface area is 113 Å². The van der Waals surface area contributed by atoms with Crippen LogP contribution < -0.4 is 5.32 Å². The van der Waals surface area contributed by atoms with E-state index in [9.17, 15) is 0 Å². The molecule has 0 amide bonds. The second kappa shape index (κ2) is 4.68. The molecule has 104 valence electrons. The standard InChI is InChI=1S/C13H21N5O/c1-8-10(9(2)18(6)17-8)7-14-12-16-15-11(19-12)13(3,4)5/h7H2,1-6H3,(H,14,16). The minimum absolute atomic E-state index is 0.132. The van der Waals surface area contributed by atoms with Gasteiger partial charge in [0, 0.05) is 30.3 Å². The number of hydrogen-bond donors (Lipinski definition) is 1. The molecule has 2 heterocycles. The van der Waals surface area contributed by atoms with Crippen molar-refractivity contribution in [3.05, 3.63) is 22.8 Å². The van der Waals surface area contributed by atoms with Crippen molar-refractivity contribution >= 4 is 6.01 Å². The molecule has 6 heteroatoms. The van der Waals surface area contributed by atoms with Gasteiger partial charge < -0.3 is 9.73 Å². The molecule has 0 aliphatic carbocycles. The van der Waals surface area contributed by atoms with Crippen molar-refractivity contribution in [2.24, 2.45) is 7.05 Å². The molecule has 0 bridgehead atoms. The van der Waals surface area contributed by atoms with Crippen molar-refractivity contribution in [1.82, 2.24) is 20.0 Å². The third kappa shape index (κ3) is 2.77. The lowest BCUT2D eigenvalue weighted by molar-refractivity contribution is 0.399. The summed E-state index contributed by atoms with van der Waals surface area (Å²) in [5.41, 5.74) is 3.19. The Morgan fingerprint density at radius 2 is 1.89 bits per heavy atom. The molecule has 0 radical (unpaired) electrons. The van der Waals surface area contributed by atoms with Crippen LogP contribution in [0, 0.1) is 13.8 Å². The molecule has 19 heavy (non-hydrogen) atoms. The van der Waals surface area contributed by atoms with Gasteiger partial charge in [-0.3, -0.25) is 4.68 Å².